The molecule has 1 aliphatic heterocycles. The topological polar surface area (TPSA) is 83.8 Å². The molecule has 2 amide bonds. The van der Waals surface area contributed by atoms with Crippen LogP contribution >= 0.6 is 0 Å². The lowest BCUT2D eigenvalue weighted by molar-refractivity contribution is -0.134. The fraction of sp³-hybridized carbons (Fsp3) is 0.368. The van der Waals surface area contributed by atoms with E-state index in [0.29, 0.717) is 11.4 Å². The second kappa shape index (κ2) is 8.53. The van der Waals surface area contributed by atoms with Gasteiger partial charge in [-0.3, -0.25) is 9.59 Å². The van der Waals surface area contributed by atoms with Gasteiger partial charge in [-0.2, -0.15) is 0 Å². The Morgan fingerprint density at radius 1 is 1.27 bits per heavy atom. The number of ether oxygens (including phenoxy) is 1. The van der Waals surface area contributed by atoms with Gasteiger partial charge in [0, 0.05) is 24.8 Å². The molecule has 3 rings (SSSR count). The van der Waals surface area contributed by atoms with E-state index >= 15 is 0 Å². The summed E-state index contributed by atoms with van der Waals surface area (Å²) in [6, 6.07) is 10.4. The predicted molar refractivity (Wildman–Crippen MR) is 97.3 cm³/mol. The van der Waals surface area contributed by atoms with Crippen LogP contribution in [0.5, 0.6) is 5.75 Å². The summed E-state index contributed by atoms with van der Waals surface area (Å²) in [5.41, 5.74) is 0.572. The molecule has 0 saturated carbocycles. The van der Waals surface area contributed by atoms with Gasteiger partial charge >= 0.3 is 0 Å². The van der Waals surface area contributed by atoms with E-state index in [1.54, 1.807) is 41.3 Å². The lowest BCUT2D eigenvalue weighted by atomic mass is 10.1. The van der Waals surface area contributed by atoms with E-state index in [-0.39, 0.29) is 30.2 Å². The predicted octanol–water partition coefficient (Wildman–Crippen LogP) is 2.12. The SMILES string of the molecule is CN(C(=O)COc1cccc(NC(=O)c2ccco2)c1)C1CCNCC1. The van der Waals surface area contributed by atoms with Crippen LogP contribution in [0.15, 0.2) is 47.1 Å². The first-order chi connectivity index (χ1) is 12.6. The van der Waals surface area contributed by atoms with Gasteiger partial charge in [0.15, 0.2) is 12.4 Å². The number of carbonyl (C=O) groups excluding carboxylic acids is 2. The van der Waals surface area contributed by atoms with Crippen LogP contribution < -0.4 is 15.4 Å². The van der Waals surface area contributed by atoms with Crippen molar-refractivity contribution in [1.29, 1.82) is 0 Å². The lowest BCUT2D eigenvalue weighted by Gasteiger charge is -2.31. The normalized spacial score (nSPS) is 14.7. The van der Waals surface area contributed by atoms with Crippen molar-refractivity contribution >= 4 is 17.5 Å². The summed E-state index contributed by atoms with van der Waals surface area (Å²) in [6.45, 7) is 1.83. The Kier molecular flexibility index (Phi) is 5.91. The molecule has 2 heterocycles. The molecule has 0 spiro atoms. The van der Waals surface area contributed by atoms with Crippen molar-refractivity contribution in [3.05, 3.63) is 48.4 Å². The number of piperidine rings is 1. The van der Waals surface area contributed by atoms with Gasteiger partial charge in [0.2, 0.25) is 0 Å². The monoisotopic (exact) mass is 357 g/mol. The molecule has 1 aliphatic rings. The molecule has 2 aromatic rings. The highest BCUT2D eigenvalue weighted by atomic mass is 16.5. The second-order valence-corrected chi connectivity index (χ2v) is 6.23. The smallest absolute Gasteiger partial charge is 0.291 e. The van der Waals surface area contributed by atoms with E-state index in [1.807, 2.05) is 7.05 Å². The highest BCUT2D eigenvalue weighted by Crippen LogP contribution is 2.19. The van der Waals surface area contributed by atoms with E-state index in [2.05, 4.69) is 10.6 Å². The number of furan rings is 1. The Hall–Kier alpha value is -2.80. The molecule has 1 aromatic heterocycles. The van der Waals surface area contributed by atoms with Crippen molar-refractivity contribution in [1.82, 2.24) is 10.2 Å². The first kappa shape index (κ1) is 18.0. The van der Waals surface area contributed by atoms with Gasteiger partial charge in [0.25, 0.3) is 11.8 Å². The number of nitrogens with one attached hydrogen (secondary N) is 2. The summed E-state index contributed by atoms with van der Waals surface area (Å²) in [5.74, 6) is 0.361. The summed E-state index contributed by atoms with van der Waals surface area (Å²) in [7, 11) is 1.82. The number of hydrogen-bond acceptors (Lipinski definition) is 5. The van der Waals surface area contributed by atoms with Crippen molar-refractivity contribution in [3.63, 3.8) is 0 Å². The minimum atomic E-state index is -0.339. The fourth-order valence-electron chi connectivity index (χ4n) is 2.91. The zero-order valence-corrected chi connectivity index (χ0v) is 14.7. The fourth-order valence-corrected chi connectivity index (χ4v) is 2.91. The molecule has 1 fully saturated rings. The molecule has 0 aliphatic carbocycles. The Morgan fingerprint density at radius 3 is 2.81 bits per heavy atom. The minimum absolute atomic E-state index is 0.0317. The molecule has 0 bridgehead atoms. The molecule has 26 heavy (non-hydrogen) atoms. The highest BCUT2D eigenvalue weighted by Gasteiger charge is 2.22. The lowest BCUT2D eigenvalue weighted by Crippen LogP contribution is -2.45. The number of carbonyl (C=O) groups is 2. The Labute approximate surface area is 152 Å². The van der Waals surface area contributed by atoms with Gasteiger partial charge in [0.1, 0.15) is 5.75 Å². The summed E-state index contributed by atoms with van der Waals surface area (Å²) in [5, 5.41) is 6.02. The third kappa shape index (κ3) is 4.64. The average Bonchev–Trinajstić information content (AvgIpc) is 3.21. The minimum Gasteiger partial charge on any atom is -0.484 e. The van der Waals surface area contributed by atoms with Crippen LogP contribution in [-0.2, 0) is 4.79 Å². The number of likely N-dealkylation sites (N-methyl/N-ethyl adjacent to an activating group) is 1. The molecule has 7 nitrogen and oxygen atoms in total. The van der Waals surface area contributed by atoms with E-state index in [4.69, 9.17) is 9.15 Å². The zero-order chi connectivity index (χ0) is 18.4. The van der Waals surface area contributed by atoms with Crippen molar-refractivity contribution < 1.29 is 18.7 Å². The third-order valence-electron chi connectivity index (χ3n) is 4.45. The van der Waals surface area contributed by atoms with Crippen molar-refractivity contribution in [3.8, 4) is 5.75 Å². The summed E-state index contributed by atoms with van der Waals surface area (Å²) in [6.07, 6.45) is 3.35. The van der Waals surface area contributed by atoms with E-state index in [9.17, 15) is 9.59 Å². The van der Waals surface area contributed by atoms with E-state index in [1.165, 1.54) is 6.26 Å². The van der Waals surface area contributed by atoms with Crippen molar-refractivity contribution in [2.45, 2.75) is 18.9 Å². The van der Waals surface area contributed by atoms with Gasteiger partial charge < -0.3 is 24.7 Å². The van der Waals surface area contributed by atoms with Crippen molar-refractivity contribution in [2.24, 2.45) is 0 Å². The number of rotatable bonds is 6. The number of nitrogens with zero attached hydrogens (tertiary/aromatic N) is 1. The van der Waals surface area contributed by atoms with E-state index in [0.717, 1.165) is 25.9 Å². The summed E-state index contributed by atoms with van der Waals surface area (Å²) < 4.78 is 10.7. The quantitative estimate of drug-likeness (QED) is 0.827. The van der Waals surface area contributed by atoms with Crippen LogP contribution in [0, 0.1) is 0 Å². The van der Waals surface area contributed by atoms with Gasteiger partial charge in [-0.15, -0.1) is 0 Å². The number of anilines is 1. The highest BCUT2D eigenvalue weighted by molar-refractivity contribution is 6.02. The molecule has 2 N–H and O–H groups in total. The number of amides is 2. The standard InChI is InChI=1S/C19H23N3O4/c1-22(15-7-9-20-10-8-15)18(23)13-26-16-5-2-4-14(12-16)21-19(24)17-6-3-11-25-17/h2-6,11-12,15,20H,7-10,13H2,1H3,(H,21,24). The van der Waals surface area contributed by atoms with Crippen LogP contribution in [0.25, 0.3) is 0 Å². The molecule has 0 unspecified atom stereocenters. The zero-order valence-electron chi connectivity index (χ0n) is 14.7. The molecule has 0 radical (unpaired) electrons. The molecule has 1 aromatic carbocycles. The maximum absolute atomic E-state index is 12.3. The van der Waals surface area contributed by atoms with Crippen LogP contribution in [0.1, 0.15) is 23.4 Å². The van der Waals surface area contributed by atoms with Crippen LogP contribution in [0.2, 0.25) is 0 Å². The molecule has 0 atom stereocenters. The maximum atomic E-state index is 12.3. The Morgan fingerprint density at radius 2 is 2.08 bits per heavy atom. The van der Waals surface area contributed by atoms with Gasteiger partial charge in [-0.25, -0.2) is 0 Å². The van der Waals surface area contributed by atoms with Crippen molar-refractivity contribution in [2.75, 3.05) is 32.1 Å². The Bertz CT molecular complexity index is 739. The maximum Gasteiger partial charge on any atom is 0.291 e. The molecule has 7 heteroatoms. The third-order valence-corrected chi connectivity index (χ3v) is 4.45. The molecule has 1 saturated heterocycles. The number of benzene rings is 1. The van der Waals surface area contributed by atoms with Gasteiger partial charge in [-0.05, 0) is 50.2 Å². The summed E-state index contributed by atoms with van der Waals surface area (Å²) >= 11 is 0. The Balaban J connectivity index is 1.53. The van der Waals surface area contributed by atoms with Gasteiger partial charge in [-0.1, -0.05) is 6.07 Å². The largest absolute Gasteiger partial charge is 0.484 e. The molecular formula is C19H23N3O4. The molecular weight excluding hydrogens is 334 g/mol. The number of hydrogen-bond donors (Lipinski definition) is 2. The van der Waals surface area contributed by atoms with Gasteiger partial charge in [0.05, 0.1) is 6.26 Å². The van der Waals surface area contributed by atoms with Crippen LogP contribution in [-0.4, -0.2) is 49.5 Å². The second-order valence-electron chi connectivity index (χ2n) is 6.23. The molecule has 138 valence electrons. The van der Waals surface area contributed by atoms with E-state index < -0.39 is 0 Å². The summed E-state index contributed by atoms with van der Waals surface area (Å²) in [4.78, 5) is 26.1. The first-order valence-corrected chi connectivity index (χ1v) is 8.67. The average molecular weight is 357 g/mol. The first-order valence-electron chi connectivity index (χ1n) is 8.67. The van der Waals surface area contributed by atoms with Crippen LogP contribution in [0.3, 0.4) is 0 Å². The van der Waals surface area contributed by atoms with Crippen LogP contribution in [0.4, 0.5) is 5.69 Å².